The van der Waals surface area contributed by atoms with Crippen molar-refractivity contribution in [2.24, 2.45) is 0 Å². The van der Waals surface area contributed by atoms with Crippen molar-refractivity contribution in [1.82, 2.24) is 14.9 Å². The van der Waals surface area contributed by atoms with E-state index in [0.717, 1.165) is 18.1 Å². The van der Waals surface area contributed by atoms with E-state index in [2.05, 4.69) is 10.0 Å². The van der Waals surface area contributed by atoms with Gasteiger partial charge in [-0.05, 0) is 19.3 Å². The molecule has 2 rings (SSSR count). The van der Waals surface area contributed by atoms with Crippen LogP contribution in [0, 0.1) is 0 Å². The summed E-state index contributed by atoms with van der Waals surface area (Å²) in [6, 6.07) is 0.260. The van der Waals surface area contributed by atoms with Crippen LogP contribution in [0.2, 0.25) is 0 Å². The van der Waals surface area contributed by atoms with E-state index in [0.29, 0.717) is 38.8 Å². The van der Waals surface area contributed by atoms with Crippen LogP contribution in [-0.4, -0.2) is 68.2 Å². The molecule has 0 aromatic heterocycles. The Balaban J connectivity index is 0.00000264. The largest absolute Gasteiger partial charge is 0.343 e. The summed E-state index contributed by atoms with van der Waals surface area (Å²) in [6.07, 6.45) is 2.60. The van der Waals surface area contributed by atoms with Crippen LogP contribution in [0.25, 0.3) is 0 Å². The molecule has 0 aromatic rings. The van der Waals surface area contributed by atoms with E-state index in [4.69, 9.17) is 0 Å². The first-order valence-corrected chi connectivity index (χ1v) is 10.9. The number of nitrogens with one attached hydrogen (secondary N) is 2. The number of likely N-dealkylation sites (tertiary alicyclic amines) is 1. The lowest BCUT2D eigenvalue weighted by Gasteiger charge is -2.33. The molecule has 0 spiro atoms. The molecule has 2 N–H and O–H groups in total. The summed E-state index contributed by atoms with van der Waals surface area (Å²) >= 11 is 1.89. The quantitative estimate of drug-likeness (QED) is 0.707. The Hall–Kier alpha value is -0.0200. The van der Waals surface area contributed by atoms with Gasteiger partial charge in [0, 0.05) is 49.6 Å². The van der Waals surface area contributed by atoms with Gasteiger partial charge in [-0.15, -0.1) is 12.4 Å². The highest BCUT2D eigenvalue weighted by atomic mass is 35.5. The number of halogens is 1. The Kier molecular flexibility index (Phi) is 9.21. The van der Waals surface area contributed by atoms with Crippen molar-refractivity contribution in [2.45, 2.75) is 44.7 Å². The van der Waals surface area contributed by atoms with Gasteiger partial charge in [-0.25, -0.2) is 13.1 Å². The average Bonchev–Trinajstić information content (AvgIpc) is 2.48. The first-order chi connectivity index (χ1) is 10.5. The molecule has 136 valence electrons. The number of carbonyl (C=O) groups is 1. The van der Waals surface area contributed by atoms with E-state index in [1.807, 2.05) is 23.6 Å². The predicted octanol–water partition coefficient (Wildman–Crippen LogP) is 0.824. The molecule has 9 heteroatoms. The molecule has 6 nitrogen and oxygen atoms in total. The summed E-state index contributed by atoms with van der Waals surface area (Å²) in [5.41, 5.74) is 0. The molecule has 0 radical (unpaired) electrons. The molecule has 1 unspecified atom stereocenters. The summed E-state index contributed by atoms with van der Waals surface area (Å²) in [5.74, 6) is 2.49. The van der Waals surface area contributed by atoms with Crippen LogP contribution in [0.5, 0.6) is 0 Å². The lowest BCUT2D eigenvalue weighted by molar-refractivity contribution is -0.132. The minimum atomic E-state index is -3.16. The summed E-state index contributed by atoms with van der Waals surface area (Å²) in [4.78, 5) is 14.2. The minimum absolute atomic E-state index is 0. The molecule has 2 aliphatic rings. The predicted molar refractivity (Wildman–Crippen MR) is 97.8 cm³/mol. The normalized spacial score (nSPS) is 23.3. The molecule has 0 aromatic carbocycles. The minimum Gasteiger partial charge on any atom is -0.343 e. The van der Waals surface area contributed by atoms with Crippen LogP contribution >= 0.6 is 24.2 Å². The van der Waals surface area contributed by atoms with Gasteiger partial charge >= 0.3 is 0 Å². The third-order valence-corrected chi connectivity index (χ3v) is 6.86. The maximum absolute atomic E-state index is 12.3. The van der Waals surface area contributed by atoms with Crippen LogP contribution in [0.3, 0.4) is 0 Å². The van der Waals surface area contributed by atoms with E-state index in [-0.39, 0.29) is 36.2 Å². The van der Waals surface area contributed by atoms with Crippen LogP contribution in [0.15, 0.2) is 0 Å². The van der Waals surface area contributed by atoms with E-state index in [9.17, 15) is 13.2 Å². The Labute approximate surface area is 150 Å². The molecular formula is C14H28ClN3O3S2. The number of hydrogen-bond acceptors (Lipinski definition) is 5. The van der Waals surface area contributed by atoms with Crippen molar-refractivity contribution in [3.8, 4) is 0 Å². The first-order valence-electron chi connectivity index (χ1n) is 8.09. The van der Waals surface area contributed by atoms with Crippen LogP contribution in [0.1, 0.15) is 32.6 Å². The lowest BCUT2D eigenvalue weighted by atomic mass is 10.1. The fourth-order valence-electron chi connectivity index (χ4n) is 2.92. The number of carbonyl (C=O) groups excluding carboxylic acids is 1. The van der Waals surface area contributed by atoms with Gasteiger partial charge in [0.05, 0.1) is 5.75 Å². The van der Waals surface area contributed by atoms with Crippen molar-refractivity contribution in [3.05, 3.63) is 0 Å². The number of rotatable bonds is 6. The maximum Gasteiger partial charge on any atom is 0.224 e. The third-order valence-electron chi connectivity index (χ3n) is 4.09. The highest BCUT2D eigenvalue weighted by molar-refractivity contribution is 7.99. The Morgan fingerprint density at radius 1 is 1.35 bits per heavy atom. The summed E-state index contributed by atoms with van der Waals surface area (Å²) in [6.45, 7) is 4.14. The molecule has 1 atom stereocenters. The Morgan fingerprint density at radius 3 is 2.61 bits per heavy atom. The average molecular weight is 386 g/mol. The van der Waals surface area contributed by atoms with Gasteiger partial charge < -0.3 is 10.2 Å². The summed E-state index contributed by atoms with van der Waals surface area (Å²) in [5, 5.41) is 3.38. The van der Waals surface area contributed by atoms with Gasteiger partial charge in [0.15, 0.2) is 0 Å². The first kappa shape index (κ1) is 21.0. The van der Waals surface area contributed by atoms with Crippen LogP contribution in [-0.2, 0) is 14.8 Å². The van der Waals surface area contributed by atoms with Crippen LogP contribution in [0.4, 0.5) is 0 Å². The third kappa shape index (κ3) is 7.17. The fraction of sp³-hybridized carbons (Fsp3) is 0.929. The Bertz CT molecular complexity index is 462. The molecule has 2 aliphatic heterocycles. The van der Waals surface area contributed by atoms with E-state index in [1.165, 1.54) is 0 Å². The molecule has 23 heavy (non-hydrogen) atoms. The monoisotopic (exact) mass is 385 g/mol. The lowest BCUT2D eigenvalue weighted by Crippen LogP contribution is -2.48. The SMILES string of the molecule is CCCS(=O)(=O)NC1CCN(C(=O)CC2CSCCN2)CC1.Cl. The van der Waals surface area contributed by atoms with Crippen molar-refractivity contribution in [3.63, 3.8) is 0 Å². The van der Waals surface area contributed by atoms with Crippen molar-refractivity contribution >= 4 is 40.1 Å². The van der Waals surface area contributed by atoms with Crippen molar-refractivity contribution in [2.75, 3.05) is 36.9 Å². The zero-order valence-electron chi connectivity index (χ0n) is 13.6. The molecule has 0 saturated carbocycles. The van der Waals surface area contributed by atoms with Gasteiger partial charge in [-0.3, -0.25) is 4.79 Å². The molecule has 2 saturated heterocycles. The van der Waals surface area contributed by atoms with Gasteiger partial charge in [0.25, 0.3) is 0 Å². The standard InChI is InChI=1S/C14H27N3O3S2.ClH/c1-2-9-22(19,20)16-12-3-6-17(7-4-12)14(18)10-13-11-21-8-5-15-13;/h12-13,15-16H,2-11H2,1H3;1H. The molecule has 0 bridgehead atoms. The van der Waals surface area contributed by atoms with Gasteiger partial charge in [-0.2, -0.15) is 11.8 Å². The number of hydrogen-bond donors (Lipinski definition) is 2. The van der Waals surface area contributed by atoms with Gasteiger partial charge in [0.1, 0.15) is 0 Å². The molecule has 2 heterocycles. The summed E-state index contributed by atoms with van der Waals surface area (Å²) in [7, 11) is -3.16. The number of thioether (sulfide) groups is 1. The molecular weight excluding hydrogens is 358 g/mol. The smallest absolute Gasteiger partial charge is 0.224 e. The van der Waals surface area contributed by atoms with Crippen LogP contribution < -0.4 is 10.0 Å². The number of nitrogens with zero attached hydrogens (tertiary/aromatic N) is 1. The second-order valence-electron chi connectivity index (χ2n) is 6.02. The number of sulfonamides is 1. The fourth-order valence-corrected chi connectivity index (χ4v) is 5.27. The number of piperidine rings is 1. The van der Waals surface area contributed by atoms with Gasteiger partial charge in [0.2, 0.25) is 15.9 Å². The van der Waals surface area contributed by atoms with E-state index in [1.54, 1.807) is 0 Å². The topological polar surface area (TPSA) is 78.5 Å². The molecule has 2 fully saturated rings. The molecule has 0 aliphatic carbocycles. The van der Waals surface area contributed by atoms with Gasteiger partial charge in [-0.1, -0.05) is 6.92 Å². The highest BCUT2D eigenvalue weighted by Gasteiger charge is 2.27. The number of amides is 1. The molecule has 1 amide bonds. The van der Waals surface area contributed by atoms with E-state index >= 15 is 0 Å². The van der Waals surface area contributed by atoms with Crippen molar-refractivity contribution in [1.29, 1.82) is 0 Å². The maximum atomic E-state index is 12.3. The van der Waals surface area contributed by atoms with Crippen molar-refractivity contribution < 1.29 is 13.2 Å². The highest BCUT2D eigenvalue weighted by Crippen LogP contribution is 2.16. The zero-order valence-corrected chi connectivity index (χ0v) is 16.1. The summed E-state index contributed by atoms with van der Waals surface area (Å²) < 4.78 is 26.3. The second kappa shape index (κ2) is 10.1. The zero-order chi connectivity index (χ0) is 16.0. The Morgan fingerprint density at radius 2 is 2.04 bits per heavy atom. The van der Waals surface area contributed by atoms with E-state index < -0.39 is 10.0 Å². The second-order valence-corrected chi connectivity index (χ2v) is 9.05.